The number of fused-ring (bicyclic) bond motifs is 1. The Morgan fingerprint density at radius 2 is 2.11 bits per heavy atom. The molecular formula is C13H14N4OS. The lowest BCUT2D eigenvalue weighted by atomic mass is 10.1. The molecule has 3 rings (SSSR count). The van der Waals surface area contributed by atoms with E-state index in [1.54, 1.807) is 18.4 Å². The molecule has 0 bridgehead atoms. The van der Waals surface area contributed by atoms with Crippen molar-refractivity contribution in [2.24, 2.45) is 5.73 Å². The van der Waals surface area contributed by atoms with E-state index < -0.39 is 0 Å². The molecule has 19 heavy (non-hydrogen) atoms. The lowest BCUT2D eigenvalue weighted by Crippen LogP contribution is -2.10. The Morgan fingerprint density at radius 1 is 1.32 bits per heavy atom. The van der Waals surface area contributed by atoms with Crippen molar-refractivity contribution in [3.8, 4) is 17.0 Å². The van der Waals surface area contributed by atoms with Gasteiger partial charge in [-0.2, -0.15) is 0 Å². The summed E-state index contributed by atoms with van der Waals surface area (Å²) >= 11 is 1.54. The third-order valence-corrected chi connectivity index (χ3v) is 3.78. The summed E-state index contributed by atoms with van der Waals surface area (Å²) < 4.78 is 7.41. The molecule has 0 fully saturated rings. The minimum atomic E-state index is -0.168. The number of nitrogens with two attached hydrogens (primary N) is 1. The van der Waals surface area contributed by atoms with Crippen LogP contribution in [0.1, 0.15) is 18.8 Å². The van der Waals surface area contributed by atoms with Crippen LogP contribution in [0.5, 0.6) is 5.75 Å². The predicted molar refractivity (Wildman–Crippen MR) is 75.5 cm³/mol. The van der Waals surface area contributed by atoms with Gasteiger partial charge in [0.2, 0.25) is 4.96 Å². The lowest BCUT2D eigenvalue weighted by Gasteiger charge is -2.09. The van der Waals surface area contributed by atoms with Gasteiger partial charge >= 0.3 is 0 Å². The maximum Gasteiger partial charge on any atom is 0.216 e. The molecule has 0 spiro atoms. The third kappa shape index (κ3) is 1.89. The van der Waals surface area contributed by atoms with E-state index in [1.807, 2.05) is 41.0 Å². The molecule has 1 aromatic carbocycles. The van der Waals surface area contributed by atoms with Gasteiger partial charge in [-0.1, -0.05) is 12.1 Å². The summed E-state index contributed by atoms with van der Waals surface area (Å²) in [6.45, 7) is 1.90. The van der Waals surface area contributed by atoms with E-state index in [0.717, 1.165) is 27.8 Å². The van der Waals surface area contributed by atoms with Crippen molar-refractivity contribution < 1.29 is 4.74 Å². The van der Waals surface area contributed by atoms with Gasteiger partial charge in [0.1, 0.15) is 5.75 Å². The summed E-state index contributed by atoms with van der Waals surface area (Å²) in [6.07, 6.45) is 0. The van der Waals surface area contributed by atoms with Crippen molar-refractivity contribution in [1.29, 1.82) is 0 Å². The molecule has 2 heterocycles. The van der Waals surface area contributed by atoms with Crippen molar-refractivity contribution in [1.82, 2.24) is 14.6 Å². The average molecular weight is 274 g/mol. The minimum Gasteiger partial charge on any atom is -0.496 e. The lowest BCUT2D eigenvalue weighted by molar-refractivity contribution is 0.416. The number of para-hydroxylation sites is 1. The number of benzene rings is 1. The summed E-state index contributed by atoms with van der Waals surface area (Å²) in [6, 6.07) is 7.72. The molecule has 98 valence electrons. The molecule has 0 radical (unpaired) electrons. The fraction of sp³-hybridized carbons (Fsp3) is 0.231. The van der Waals surface area contributed by atoms with Crippen LogP contribution in [0, 0.1) is 0 Å². The first-order valence-corrected chi connectivity index (χ1v) is 6.82. The summed E-state index contributed by atoms with van der Waals surface area (Å²) in [5.74, 6) is 1.59. The van der Waals surface area contributed by atoms with Crippen molar-refractivity contribution in [2.45, 2.75) is 13.0 Å². The number of ether oxygens (including phenoxy) is 1. The zero-order chi connectivity index (χ0) is 13.4. The fourth-order valence-electron chi connectivity index (χ4n) is 2.08. The summed E-state index contributed by atoms with van der Waals surface area (Å²) in [5, 5.41) is 10.4. The Morgan fingerprint density at radius 3 is 2.84 bits per heavy atom. The number of hydrogen-bond acceptors (Lipinski definition) is 5. The highest BCUT2D eigenvalue weighted by Crippen LogP contribution is 2.33. The zero-order valence-corrected chi connectivity index (χ0v) is 11.5. The van der Waals surface area contributed by atoms with Crippen LogP contribution in [-0.4, -0.2) is 21.7 Å². The normalized spacial score (nSPS) is 12.8. The topological polar surface area (TPSA) is 65.4 Å². The molecule has 0 aliphatic heterocycles. The number of aromatic nitrogens is 3. The molecule has 0 aliphatic carbocycles. The molecule has 1 atom stereocenters. The second-order valence-corrected chi connectivity index (χ2v) is 5.12. The second kappa shape index (κ2) is 4.64. The number of rotatable bonds is 3. The maximum atomic E-state index is 5.95. The van der Waals surface area contributed by atoms with E-state index in [-0.39, 0.29) is 6.04 Å². The van der Waals surface area contributed by atoms with Gasteiger partial charge in [0, 0.05) is 10.9 Å². The first kappa shape index (κ1) is 12.1. The molecule has 0 saturated carbocycles. The molecule has 2 aromatic heterocycles. The highest BCUT2D eigenvalue weighted by atomic mass is 32.1. The summed E-state index contributed by atoms with van der Waals surface area (Å²) in [7, 11) is 1.67. The molecule has 3 aromatic rings. The molecular weight excluding hydrogens is 260 g/mol. The van der Waals surface area contributed by atoms with Crippen LogP contribution in [0.25, 0.3) is 16.2 Å². The van der Waals surface area contributed by atoms with Crippen molar-refractivity contribution >= 4 is 16.3 Å². The Kier molecular flexibility index (Phi) is 2.96. The molecule has 0 aliphatic rings. The first-order chi connectivity index (χ1) is 9.22. The molecule has 0 amide bonds. The van der Waals surface area contributed by atoms with Gasteiger partial charge in [-0.05, 0) is 19.1 Å². The van der Waals surface area contributed by atoms with Crippen LogP contribution in [0.3, 0.4) is 0 Å². The van der Waals surface area contributed by atoms with Crippen LogP contribution in [-0.2, 0) is 0 Å². The molecule has 6 heteroatoms. The van der Waals surface area contributed by atoms with Crippen LogP contribution >= 0.6 is 11.3 Å². The standard InChI is InChI=1S/C13H14N4OS/c1-8(14)12-15-16-13-17(12)10(7-19-13)9-5-3-4-6-11(9)18-2/h3-8H,14H2,1-2H3. The summed E-state index contributed by atoms with van der Waals surface area (Å²) in [5.41, 5.74) is 7.97. The number of methoxy groups -OCH3 is 1. The minimum absolute atomic E-state index is 0.168. The van der Waals surface area contributed by atoms with Crippen molar-refractivity contribution in [2.75, 3.05) is 7.11 Å². The monoisotopic (exact) mass is 274 g/mol. The Labute approximate surface area is 114 Å². The van der Waals surface area contributed by atoms with E-state index in [0.29, 0.717) is 0 Å². The van der Waals surface area contributed by atoms with E-state index in [1.165, 1.54) is 0 Å². The van der Waals surface area contributed by atoms with Crippen LogP contribution in [0.4, 0.5) is 0 Å². The molecule has 5 nitrogen and oxygen atoms in total. The summed E-state index contributed by atoms with van der Waals surface area (Å²) in [4.78, 5) is 0.841. The van der Waals surface area contributed by atoms with E-state index >= 15 is 0 Å². The third-order valence-electron chi connectivity index (χ3n) is 2.97. The van der Waals surface area contributed by atoms with Crippen LogP contribution in [0.2, 0.25) is 0 Å². The Bertz CT molecular complexity index is 716. The average Bonchev–Trinajstić information content (AvgIpc) is 2.99. The van der Waals surface area contributed by atoms with Crippen LogP contribution in [0.15, 0.2) is 29.6 Å². The maximum absolute atomic E-state index is 5.95. The van der Waals surface area contributed by atoms with Gasteiger partial charge in [-0.3, -0.25) is 4.40 Å². The Balaban J connectivity index is 2.28. The van der Waals surface area contributed by atoms with Gasteiger partial charge < -0.3 is 10.5 Å². The van der Waals surface area contributed by atoms with Gasteiger partial charge in [-0.25, -0.2) is 0 Å². The molecule has 1 unspecified atom stereocenters. The largest absolute Gasteiger partial charge is 0.496 e. The van der Waals surface area contributed by atoms with E-state index in [9.17, 15) is 0 Å². The smallest absolute Gasteiger partial charge is 0.216 e. The number of thiazole rings is 1. The highest BCUT2D eigenvalue weighted by molar-refractivity contribution is 7.15. The van der Waals surface area contributed by atoms with Crippen molar-refractivity contribution in [3.05, 3.63) is 35.5 Å². The Hall–Kier alpha value is -1.92. The SMILES string of the molecule is COc1ccccc1-c1csc2nnc(C(C)N)n12. The zero-order valence-electron chi connectivity index (χ0n) is 10.7. The van der Waals surface area contributed by atoms with Gasteiger partial charge in [-0.15, -0.1) is 21.5 Å². The molecule has 2 N–H and O–H groups in total. The van der Waals surface area contributed by atoms with E-state index in [2.05, 4.69) is 10.2 Å². The van der Waals surface area contributed by atoms with Gasteiger partial charge in [0.15, 0.2) is 5.82 Å². The van der Waals surface area contributed by atoms with Gasteiger partial charge in [0.05, 0.1) is 18.8 Å². The number of hydrogen-bond donors (Lipinski definition) is 1. The number of nitrogens with zero attached hydrogens (tertiary/aromatic N) is 3. The second-order valence-electron chi connectivity index (χ2n) is 4.29. The quantitative estimate of drug-likeness (QED) is 0.797. The fourth-order valence-corrected chi connectivity index (χ4v) is 2.91. The van der Waals surface area contributed by atoms with Gasteiger partial charge in [0.25, 0.3) is 0 Å². The van der Waals surface area contributed by atoms with Crippen molar-refractivity contribution in [3.63, 3.8) is 0 Å². The highest BCUT2D eigenvalue weighted by Gasteiger charge is 2.17. The van der Waals surface area contributed by atoms with E-state index in [4.69, 9.17) is 10.5 Å². The van der Waals surface area contributed by atoms with Crippen LogP contribution < -0.4 is 10.5 Å². The first-order valence-electron chi connectivity index (χ1n) is 5.94. The predicted octanol–water partition coefficient (Wildman–Crippen LogP) is 2.49. The molecule has 0 saturated heterocycles.